The standard InChI is InChI=1S/C8H11BrN2.2ClH/c9-7-5-6(3-4-10)1-2-8(7)11;;/h1-2,5H,3-4,10-11H2;2*1H. The number of hydrogen-bond donors (Lipinski definition) is 2. The first-order valence-corrected chi connectivity index (χ1v) is 4.27. The third-order valence-electron chi connectivity index (χ3n) is 1.50. The van der Waals surface area contributed by atoms with Crippen LogP contribution in [0.4, 0.5) is 5.69 Å². The van der Waals surface area contributed by atoms with Crippen LogP contribution >= 0.6 is 40.7 Å². The van der Waals surface area contributed by atoms with Crippen LogP contribution in [-0.2, 0) is 6.42 Å². The van der Waals surface area contributed by atoms with Gasteiger partial charge in [-0.1, -0.05) is 6.07 Å². The van der Waals surface area contributed by atoms with E-state index in [0.717, 1.165) is 16.6 Å². The first-order valence-electron chi connectivity index (χ1n) is 3.48. The first kappa shape index (κ1) is 15.5. The highest BCUT2D eigenvalue weighted by Gasteiger charge is 1.96. The molecule has 0 fully saturated rings. The lowest BCUT2D eigenvalue weighted by Gasteiger charge is -2.01. The summed E-state index contributed by atoms with van der Waals surface area (Å²) in [5.74, 6) is 0. The van der Waals surface area contributed by atoms with Crippen molar-refractivity contribution in [2.45, 2.75) is 6.42 Å². The summed E-state index contributed by atoms with van der Waals surface area (Å²) in [4.78, 5) is 0. The molecule has 0 amide bonds. The number of hydrogen-bond acceptors (Lipinski definition) is 2. The Morgan fingerprint density at radius 1 is 1.23 bits per heavy atom. The Kier molecular flexibility index (Phi) is 8.88. The fourth-order valence-electron chi connectivity index (χ4n) is 0.893. The average molecular weight is 288 g/mol. The van der Waals surface area contributed by atoms with Crippen LogP contribution in [0, 0.1) is 0 Å². The van der Waals surface area contributed by atoms with E-state index in [0.29, 0.717) is 6.54 Å². The Bertz CT molecular complexity index is 256. The van der Waals surface area contributed by atoms with E-state index >= 15 is 0 Å². The summed E-state index contributed by atoms with van der Waals surface area (Å²) in [6.07, 6.45) is 0.902. The summed E-state index contributed by atoms with van der Waals surface area (Å²) in [6, 6.07) is 5.88. The van der Waals surface area contributed by atoms with Gasteiger partial charge in [0.05, 0.1) is 0 Å². The number of halogens is 3. The van der Waals surface area contributed by atoms with Crippen molar-refractivity contribution in [3.8, 4) is 0 Å². The predicted molar refractivity (Wildman–Crippen MR) is 65.8 cm³/mol. The zero-order chi connectivity index (χ0) is 8.27. The molecule has 4 N–H and O–H groups in total. The van der Waals surface area contributed by atoms with Crippen molar-refractivity contribution < 1.29 is 0 Å². The highest BCUT2D eigenvalue weighted by Crippen LogP contribution is 2.20. The van der Waals surface area contributed by atoms with Crippen LogP contribution in [0.25, 0.3) is 0 Å². The summed E-state index contributed by atoms with van der Waals surface area (Å²) in [5.41, 5.74) is 13.0. The third-order valence-corrected chi connectivity index (χ3v) is 2.18. The molecule has 13 heavy (non-hydrogen) atoms. The fourth-order valence-corrected chi connectivity index (χ4v) is 1.32. The predicted octanol–water partition coefficient (Wildman–Crippen LogP) is 2.38. The zero-order valence-electron chi connectivity index (χ0n) is 7.00. The van der Waals surface area contributed by atoms with Gasteiger partial charge in [0.2, 0.25) is 0 Å². The van der Waals surface area contributed by atoms with E-state index in [-0.39, 0.29) is 24.8 Å². The molecule has 0 aliphatic rings. The zero-order valence-corrected chi connectivity index (χ0v) is 10.2. The second-order valence-electron chi connectivity index (χ2n) is 2.39. The van der Waals surface area contributed by atoms with Gasteiger partial charge in [0.1, 0.15) is 0 Å². The Hall–Kier alpha value is 0.0400. The van der Waals surface area contributed by atoms with Crippen LogP contribution in [0.15, 0.2) is 22.7 Å². The lowest BCUT2D eigenvalue weighted by Crippen LogP contribution is -2.02. The van der Waals surface area contributed by atoms with Gasteiger partial charge in [-0.05, 0) is 46.6 Å². The highest BCUT2D eigenvalue weighted by molar-refractivity contribution is 9.10. The van der Waals surface area contributed by atoms with E-state index < -0.39 is 0 Å². The van der Waals surface area contributed by atoms with Crippen molar-refractivity contribution in [3.63, 3.8) is 0 Å². The van der Waals surface area contributed by atoms with Gasteiger partial charge in [0.15, 0.2) is 0 Å². The third kappa shape index (κ3) is 4.72. The maximum Gasteiger partial charge on any atom is 0.0458 e. The van der Waals surface area contributed by atoms with E-state index in [1.54, 1.807) is 0 Å². The van der Waals surface area contributed by atoms with Gasteiger partial charge in [0.25, 0.3) is 0 Å². The number of nitrogen functional groups attached to an aromatic ring is 1. The second-order valence-corrected chi connectivity index (χ2v) is 3.25. The second kappa shape index (κ2) is 7.44. The maximum absolute atomic E-state index is 5.61. The minimum Gasteiger partial charge on any atom is -0.398 e. The Labute approximate surface area is 99.0 Å². The van der Waals surface area contributed by atoms with Gasteiger partial charge in [-0.2, -0.15) is 0 Å². The molecule has 0 aliphatic heterocycles. The van der Waals surface area contributed by atoms with Gasteiger partial charge in [-0.15, -0.1) is 24.8 Å². The summed E-state index contributed by atoms with van der Waals surface area (Å²) < 4.78 is 0.948. The molecular formula is C8H13BrCl2N2. The summed E-state index contributed by atoms with van der Waals surface area (Å²) in [6.45, 7) is 0.677. The van der Waals surface area contributed by atoms with Crippen molar-refractivity contribution in [1.82, 2.24) is 0 Å². The summed E-state index contributed by atoms with van der Waals surface area (Å²) in [5, 5.41) is 0. The van der Waals surface area contributed by atoms with Crippen LogP contribution in [0.3, 0.4) is 0 Å². The average Bonchev–Trinajstić information content (AvgIpc) is 1.98. The quantitative estimate of drug-likeness (QED) is 0.821. The van der Waals surface area contributed by atoms with Crippen molar-refractivity contribution >= 4 is 46.4 Å². The van der Waals surface area contributed by atoms with E-state index in [1.165, 1.54) is 5.56 Å². The maximum atomic E-state index is 5.61. The Morgan fingerprint density at radius 2 is 1.85 bits per heavy atom. The molecule has 0 atom stereocenters. The summed E-state index contributed by atoms with van der Waals surface area (Å²) >= 11 is 3.35. The van der Waals surface area contributed by atoms with E-state index in [2.05, 4.69) is 15.9 Å². The van der Waals surface area contributed by atoms with Crippen LogP contribution in [0.5, 0.6) is 0 Å². The van der Waals surface area contributed by atoms with Crippen molar-refractivity contribution in [2.75, 3.05) is 12.3 Å². The SMILES string of the molecule is Cl.Cl.NCCc1ccc(N)c(Br)c1. The highest BCUT2D eigenvalue weighted by atomic mass is 79.9. The number of anilines is 1. The van der Waals surface area contributed by atoms with Crippen LogP contribution < -0.4 is 11.5 Å². The molecule has 0 radical (unpaired) electrons. The molecular weight excluding hydrogens is 275 g/mol. The minimum absolute atomic E-state index is 0. The molecule has 2 nitrogen and oxygen atoms in total. The number of benzene rings is 1. The Balaban J connectivity index is 0. The molecule has 0 aliphatic carbocycles. The molecule has 0 bridgehead atoms. The van der Waals surface area contributed by atoms with Gasteiger partial charge in [-0.25, -0.2) is 0 Å². The van der Waals surface area contributed by atoms with Crippen molar-refractivity contribution in [2.24, 2.45) is 5.73 Å². The first-order chi connectivity index (χ1) is 5.24. The largest absolute Gasteiger partial charge is 0.398 e. The topological polar surface area (TPSA) is 52.0 Å². The molecule has 0 saturated carbocycles. The molecule has 0 unspecified atom stereocenters. The molecule has 76 valence electrons. The molecule has 0 heterocycles. The fraction of sp³-hybridized carbons (Fsp3) is 0.250. The Morgan fingerprint density at radius 3 is 2.31 bits per heavy atom. The number of rotatable bonds is 2. The van der Waals surface area contributed by atoms with Crippen molar-refractivity contribution in [1.29, 1.82) is 0 Å². The van der Waals surface area contributed by atoms with Crippen LogP contribution in [-0.4, -0.2) is 6.54 Å². The summed E-state index contributed by atoms with van der Waals surface area (Å²) in [7, 11) is 0. The normalized spacial score (nSPS) is 8.46. The minimum atomic E-state index is 0. The molecule has 1 aromatic carbocycles. The van der Waals surface area contributed by atoms with Gasteiger partial charge in [0, 0.05) is 10.2 Å². The van der Waals surface area contributed by atoms with E-state index in [1.807, 2.05) is 18.2 Å². The molecule has 1 aromatic rings. The molecule has 0 aromatic heterocycles. The van der Waals surface area contributed by atoms with Gasteiger partial charge >= 0.3 is 0 Å². The van der Waals surface area contributed by atoms with E-state index in [4.69, 9.17) is 11.5 Å². The van der Waals surface area contributed by atoms with Crippen LogP contribution in [0.2, 0.25) is 0 Å². The molecule has 0 saturated heterocycles. The lowest BCUT2D eigenvalue weighted by atomic mass is 10.1. The molecule has 1 rings (SSSR count). The lowest BCUT2D eigenvalue weighted by molar-refractivity contribution is 0.968. The van der Waals surface area contributed by atoms with Gasteiger partial charge in [-0.3, -0.25) is 0 Å². The monoisotopic (exact) mass is 286 g/mol. The van der Waals surface area contributed by atoms with Crippen LogP contribution in [0.1, 0.15) is 5.56 Å². The number of nitrogens with two attached hydrogens (primary N) is 2. The van der Waals surface area contributed by atoms with Crippen molar-refractivity contribution in [3.05, 3.63) is 28.2 Å². The van der Waals surface area contributed by atoms with Gasteiger partial charge < -0.3 is 11.5 Å². The smallest absolute Gasteiger partial charge is 0.0458 e. The van der Waals surface area contributed by atoms with E-state index in [9.17, 15) is 0 Å². The molecule has 5 heteroatoms. The molecule has 0 spiro atoms.